The fourth-order valence-corrected chi connectivity index (χ4v) is 1.67. The van der Waals surface area contributed by atoms with Crippen LogP contribution < -0.4 is 9.64 Å². The lowest BCUT2D eigenvalue weighted by molar-refractivity contribution is -0.128. The van der Waals surface area contributed by atoms with Crippen molar-refractivity contribution in [1.82, 2.24) is 0 Å². The van der Waals surface area contributed by atoms with E-state index >= 15 is 0 Å². The van der Waals surface area contributed by atoms with Crippen molar-refractivity contribution in [3.63, 3.8) is 0 Å². The molecule has 0 atom stereocenters. The summed E-state index contributed by atoms with van der Waals surface area (Å²) in [5.41, 5.74) is 0.655. The smallest absolute Gasteiger partial charge is 0.389 e. The third-order valence-corrected chi connectivity index (χ3v) is 2.54. The van der Waals surface area contributed by atoms with E-state index < -0.39 is 11.9 Å². The molecule has 0 bridgehead atoms. The number of imide groups is 1. The summed E-state index contributed by atoms with van der Waals surface area (Å²) in [5.74, 6) is 0.493. The van der Waals surface area contributed by atoms with Crippen molar-refractivity contribution in [2.24, 2.45) is 0 Å². The number of terminal acetylenes is 1. The molecule has 0 N–H and O–H groups in total. The van der Waals surface area contributed by atoms with Gasteiger partial charge in [-0.3, -0.25) is 9.59 Å². The summed E-state index contributed by atoms with van der Waals surface area (Å²) in [6.45, 7) is 3.53. The lowest BCUT2D eigenvalue weighted by atomic mass is 10.2. The Hall–Kier alpha value is -2.87. The maximum Gasteiger partial charge on any atom is 0.389 e. The highest BCUT2D eigenvalue weighted by Gasteiger charge is 2.33. The van der Waals surface area contributed by atoms with Gasteiger partial charge in [0.05, 0.1) is 12.1 Å². The van der Waals surface area contributed by atoms with Crippen molar-refractivity contribution >= 4 is 23.5 Å². The molecule has 94 valence electrons. The number of carbonyl (C=O) groups is 3. The minimum Gasteiger partial charge on any atom is -0.417 e. The minimum atomic E-state index is -0.811. The first-order valence-corrected chi connectivity index (χ1v) is 5.36. The van der Waals surface area contributed by atoms with E-state index in [1.54, 1.807) is 0 Å². The monoisotopic (exact) mass is 255 g/mol. The van der Waals surface area contributed by atoms with Crippen molar-refractivity contribution in [2.45, 2.75) is 6.42 Å². The van der Waals surface area contributed by atoms with Gasteiger partial charge in [0.1, 0.15) is 5.75 Å². The van der Waals surface area contributed by atoms with E-state index in [-0.39, 0.29) is 23.7 Å². The highest BCUT2D eigenvalue weighted by Crippen LogP contribution is 2.26. The second-order valence-electron chi connectivity index (χ2n) is 3.84. The second kappa shape index (κ2) is 4.78. The van der Waals surface area contributed by atoms with E-state index in [0.29, 0.717) is 5.69 Å². The predicted octanol–water partition coefficient (Wildman–Crippen LogP) is 1.04. The Kier molecular flexibility index (Phi) is 3.17. The van der Waals surface area contributed by atoms with Crippen LogP contribution in [-0.2, 0) is 14.4 Å². The Morgan fingerprint density at radius 2 is 1.95 bits per heavy atom. The number of hydrogen-bond donors (Lipinski definition) is 0. The molecule has 1 heterocycles. The van der Waals surface area contributed by atoms with Crippen molar-refractivity contribution in [3.05, 3.63) is 36.4 Å². The molecule has 1 fully saturated rings. The fraction of sp³-hybridized carbons (Fsp3) is 0.0714. The second-order valence-corrected chi connectivity index (χ2v) is 3.84. The number of ether oxygens (including phenoxy) is 1. The number of nitrogens with zero attached hydrogens (tertiary/aromatic N) is 1. The first kappa shape index (κ1) is 12.6. The Morgan fingerprint density at radius 3 is 2.42 bits per heavy atom. The Bertz CT molecular complexity index is 622. The van der Waals surface area contributed by atoms with Gasteiger partial charge >= 0.3 is 5.97 Å². The number of esters is 1. The van der Waals surface area contributed by atoms with Crippen molar-refractivity contribution in [1.29, 1.82) is 0 Å². The van der Waals surface area contributed by atoms with Crippen molar-refractivity contribution in [2.75, 3.05) is 4.90 Å². The summed E-state index contributed by atoms with van der Waals surface area (Å²) in [5, 5.41) is 0. The van der Waals surface area contributed by atoms with Gasteiger partial charge in [0, 0.05) is 11.5 Å². The molecular formula is C14H9NO4. The molecule has 0 radical (unpaired) electrons. The van der Waals surface area contributed by atoms with E-state index in [1.807, 2.05) is 5.92 Å². The molecule has 1 aromatic carbocycles. The first-order chi connectivity index (χ1) is 9.02. The first-order valence-electron chi connectivity index (χ1n) is 5.36. The largest absolute Gasteiger partial charge is 0.417 e. The number of rotatable bonds is 2. The number of hydrogen-bond acceptors (Lipinski definition) is 4. The van der Waals surface area contributed by atoms with Crippen LogP contribution in [0.15, 0.2) is 36.4 Å². The molecule has 0 unspecified atom stereocenters. The van der Waals surface area contributed by atoms with Gasteiger partial charge in [0.15, 0.2) is 0 Å². The maximum atomic E-state index is 11.7. The average molecular weight is 255 g/mol. The Morgan fingerprint density at radius 1 is 1.32 bits per heavy atom. The van der Waals surface area contributed by atoms with Gasteiger partial charge in [-0.25, -0.2) is 9.69 Å². The molecule has 0 spiro atoms. The number of amides is 2. The zero-order chi connectivity index (χ0) is 14.0. The number of benzene rings is 1. The summed E-state index contributed by atoms with van der Waals surface area (Å²) < 4.78 is 4.77. The number of carbonyl (C=O) groups excluding carboxylic acids is 3. The molecule has 2 rings (SSSR count). The van der Waals surface area contributed by atoms with Gasteiger partial charge in [-0.05, 0) is 24.3 Å². The molecule has 2 amide bonds. The summed E-state index contributed by atoms with van der Waals surface area (Å²) in [7, 11) is 0. The third-order valence-electron chi connectivity index (χ3n) is 2.54. The van der Waals surface area contributed by atoms with E-state index in [4.69, 9.17) is 11.2 Å². The molecular weight excluding hydrogens is 246 g/mol. The van der Waals surface area contributed by atoms with Crippen LogP contribution in [0.5, 0.6) is 5.75 Å². The standard InChI is InChI=1S/C14H9NO4/c1-3-13(17)19-11-6-4-10(5-7-11)15-12(16)8-9(2)14(15)18/h1,4-7H,2,8H2. The fourth-order valence-electron chi connectivity index (χ4n) is 1.67. The predicted molar refractivity (Wildman–Crippen MR) is 67.2 cm³/mol. The van der Waals surface area contributed by atoms with E-state index in [1.165, 1.54) is 24.3 Å². The molecule has 5 heteroatoms. The van der Waals surface area contributed by atoms with Crippen LogP contribution in [-0.4, -0.2) is 17.8 Å². The third kappa shape index (κ3) is 2.38. The normalized spacial score (nSPS) is 14.5. The molecule has 0 aliphatic carbocycles. The Labute approximate surface area is 109 Å². The molecule has 1 aliphatic rings. The van der Waals surface area contributed by atoms with Gasteiger partial charge in [0.2, 0.25) is 5.91 Å². The highest BCUT2D eigenvalue weighted by molar-refractivity contribution is 6.27. The zero-order valence-electron chi connectivity index (χ0n) is 9.88. The topological polar surface area (TPSA) is 63.7 Å². The van der Waals surface area contributed by atoms with Crippen LogP contribution in [0.3, 0.4) is 0 Å². The van der Waals surface area contributed by atoms with Gasteiger partial charge in [-0.1, -0.05) is 6.58 Å². The van der Waals surface area contributed by atoms with Crippen LogP contribution in [0, 0.1) is 12.3 Å². The van der Waals surface area contributed by atoms with Gasteiger partial charge in [-0.2, -0.15) is 0 Å². The Balaban J connectivity index is 2.22. The van der Waals surface area contributed by atoms with Crippen LogP contribution in [0.2, 0.25) is 0 Å². The average Bonchev–Trinajstić information content (AvgIpc) is 2.64. The van der Waals surface area contributed by atoms with Gasteiger partial charge < -0.3 is 4.74 Å². The summed E-state index contributed by atoms with van der Waals surface area (Å²) in [6.07, 6.45) is 4.89. The van der Waals surface area contributed by atoms with Crippen LogP contribution in [0.4, 0.5) is 5.69 Å². The quantitative estimate of drug-likeness (QED) is 0.198. The molecule has 19 heavy (non-hydrogen) atoms. The van der Waals surface area contributed by atoms with E-state index in [2.05, 4.69) is 6.58 Å². The lowest BCUT2D eigenvalue weighted by Crippen LogP contribution is -2.28. The van der Waals surface area contributed by atoms with Crippen molar-refractivity contribution < 1.29 is 19.1 Å². The number of anilines is 1. The maximum absolute atomic E-state index is 11.7. The molecule has 1 aromatic rings. The van der Waals surface area contributed by atoms with Gasteiger partial charge in [0.25, 0.3) is 5.91 Å². The minimum absolute atomic E-state index is 0.0205. The zero-order valence-corrected chi connectivity index (χ0v) is 9.88. The summed E-state index contributed by atoms with van der Waals surface area (Å²) >= 11 is 0. The summed E-state index contributed by atoms with van der Waals surface area (Å²) in [4.78, 5) is 35.3. The van der Waals surface area contributed by atoms with Gasteiger partial charge in [-0.15, -0.1) is 6.42 Å². The van der Waals surface area contributed by atoms with Crippen molar-refractivity contribution in [3.8, 4) is 18.1 Å². The van der Waals surface area contributed by atoms with E-state index in [9.17, 15) is 14.4 Å². The molecule has 0 saturated carbocycles. The molecule has 5 nitrogen and oxygen atoms in total. The van der Waals surface area contributed by atoms with Crippen LogP contribution >= 0.6 is 0 Å². The SMILES string of the molecule is C#CC(=O)Oc1ccc(N2C(=O)CC(=C)C2=O)cc1. The molecule has 0 aromatic heterocycles. The highest BCUT2D eigenvalue weighted by atomic mass is 16.5. The summed E-state index contributed by atoms with van der Waals surface area (Å²) in [6, 6.07) is 5.89. The van der Waals surface area contributed by atoms with E-state index in [0.717, 1.165) is 4.90 Å². The lowest BCUT2D eigenvalue weighted by Gasteiger charge is -2.13. The van der Waals surface area contributed by atoms with Crippen LogP contribution in [0.25, 0.3) is 0 Å². The van der Waals surface area contributed by atoms with Crippen LogP contribution in [0.1, 0.15) is 6.42 Å². The molecule has 1 saturated heterocycles. The molecule has 1 aliphatic heterocycles.